The lowest BCUT2D eigenvalue weighted by Crippen LogP contribution is -2.48. The van der Waals surface area contributed by atoms with Gasteiger partial charge in [-0.25, -0.2) is 0 Å². The van der Waals surface area contributed by atoms with Gasteiger partial charge in [0.1, 0.15) is 0 Å². The van der Waals surface area contributed by atoms with Crippen molar-refractivity contribution in [3.8, 4) is 0 Å². The molecule has 2 aliphatic rings. The van der Waals surface area contributed by atoms with Crippen LogP contribution in [0.4, 0.5) is 0 Å². The summed E-state index contributed by atoms with van der Waals surface area (Å²) in [5, 5.41) is 6.22. The van der Waals surface area contributed by atoms with E-state index in [0.29, 0.717) is 6.10 Å². The number of amides is 1. The molecule has 2 heterocycles. The van der Waals surface area contributed by atoms with Crippen LogP contribution in [-0.2, 0) is 9.53 Å². The highest BCUT2D eigenvalue weighted by Gasteiger charge is 2.21. The van der Waals surface area contributed by atoms with E-state index in [1.165, 1.54) is 12.8 Å². The molecule has 0 aromatic rings. The van der Waals surface area contributed by atoms with Crippen LogP contribution < -0.4 is 10.6 Å². The van der Waals surface area contributed by atoms with E-state index in [0.717, 1.165) is 45.4 Å². The van der Waals surface area contributed by atoms with E-state index in [1.54, 1.807) is 0 Å². The topological polar surface area (TPSA) is 50.4 Å². The fourth-order valence-corrected chi connectivity index (χ4v) is 2.44. The van der Waals surface area contributed by atoms with Crippen molar-refractivity contribution in [3.63, 3.8) is 0 Å². The maximum absolute atomic E-state index is 11.4. The first kappa shape index (κ1) is 11.9. The zero-order valence-corrected chi connectivity index (χ0v) is 9.84. The summed E-state index contributed by atoms with van der Waals surface area (Å²) in [5.74, 6) is 0.170. The molecule has 0 aliphatic carbocycles. The van der Waals surface area contributed by atoms with Crippen LogP contribution >= 0.6 is 0 Å². The number of carbonyl (C=O) groups excluding carboxylic acids is 1. The molecule has 0 spiro atoms. The van der Waals surface area contributed by atoms with Gasteiger partial charge in [0.05, 0.1) is 12.1 Å². The van der Waals surface area contributed by atoms with Gasteiger partial charge in [0.15, 0.2) is 0 Å². The lowest BCUT2D eigenvalue weighted by Gasteiger charge is -2.23. The number of carbonyl (C=O) groups is 1. The molecule has 16 heavy (non-hydrogen) atoms. The number of ether oxygens (including phenoxy) is 1. The average molecular weight is 226 g/mol. The van der Waals surface area contributed by atoms with Gasteiger partial charge < -0.3 is 15.4 Å². The molecule has 4 nitrogen and oxygen atoms in total. The average Bonchev–Trinajstić information content (AvgIpc) is 2.79. The summed E-state index contributed by atoms with van der Waals surface area (Å²) in [4.78, 5) is 11.4. The summed E-state index contributed by atoms with van der Waals surface area (Å²) in [6, 6.07) is 0.0400. The highest BCUT2D eigenvalue weighted by molar-refractivity contribution is 5.82. The van der Waals surface area contributed by atoms with Gasteiger partial charge in [0.2, 0.25) is 5.91 Å². The van der Waals surface area contributed by atoms with E-state index in [-0.39, 0.29) is 11.9 Å². The predicted octanol–water partition coefficient (Wildman–Crippen LogP) is 0.814. The summed E-state index contributed by atoms with van der Waals surface area (Å²) >= 11 is 0. The molecule has 1 amide bonds. The van der Waals surface area contributed by atoms with Crippen LogP contribution in [0, 0.1) is 0 Å². The van der Waals surface area contributed by atoms with Crippen molar-refractivity contribution in [1.29, 1.82) is 0 Å². The van der Waals surface area contributed by atoms with E-state index >= 15 is 0 Å². The summed E-state index contributed by atoms with van der Waals surface area (Å²) < 4.78 is 5.56. The zero-order valence-electron chi connectivity index (χ0n) is 9.84. The van der Waals surface area contributed by atoms with Crippen molar-refractivity contribution in [1.82, 2.24) is 10.6 Å². The normalized spacial score (nSPS) is 30.4. The summed E-state index contributed by atoms with van der Waals surface area (Å²) in [5.41, 5.74) is 0. The highest BCUT2D eigenvalue weighted by Crippen LogP contribution is 2.16. The van der Waals surface area contributed by atoms with Crippen LogP contribution in [0.15, 0.2) is 0 Å². The summed E-state index contributed by atoms with van der Waals surface area (Å²) in [6.45, 7) is 2.70. The van der Waals surface area contributed by atoms with Gasteiger partial charge in [-0.2, -0.15) is 0 Å². The van der Waals surface area contributed by atoms with Crippen LogP contribution in [0.1, 0.15) is 38.5 Å². The van der Waals surface area contributed by atoms with Crippen LogP contribution in [0.3, 0.4) is 0 Å². The monoisotopic (exact) mass is 226 g/mol. The molecule has 4 heteroatoms. The minimum atomic E-state index is 0.0400. The quantitative estimate of drug-likeness (QED) is 0.682. The molecule has 0 aromatic heterocycles. The second kappa shape index (κ2) is 6.21. The van der Waals surface area contributed by atoms with Crippen LogP contribution in [-0.4, -0.2) is 37.7 Å². The number of piperidine rings is 1. The Morgan fingerprint density at radius 3 is 3.06 bits per heavy atom. The van der Waals surface area contributed by atoms with E-state index in [2.05, 4.69) is 10.6 Å². The Hall–Kier alpha value is -0.610. The standard InChI is InChI=1S/C12H22N2O2/c15-12-11(6-2-8-14-12)13-7-1-4-10-5-3-9-16-10/h10-11,13H,1-9H2,(H,14,15). The predicted molar refractivity (Wildman–Crippen MR) is 62.2 cm³/mol. The van der Waals surface area contributed by atoms with E-state index in [1.807, 2.05) is 0 Å². The molecule has 0 saturated carbocycles. The Bertz CT molecular complexity index is 227. The number of hydrogen-bond donors (Lipinski definition) is 2. The highest BCUT2D eigenvalue weighted by atomic mass is 16.5. The second-order valence-corrected chi connectivity index (χ2v) is 4.72. The van der Waals surface area contributed by atoms with Crippen molar-refractivity contribution >= 4 is 5.91 Å². The SMILES string of the molecule is O=C1NCCCC1NCCCC1CCCO1. The van der Waals surface area contributed by atoms with Crippen molar-refractivity contribution in [2.24, 2.45) is 0 Å². The molecule has 2 aliphatic heterocycles. The Morgan fingerprint density at radius 1 is 1.38 bits per heavy atom. The molecule has 2 N–H and O–H groups in total. The molecule has 0 bridgehead atoms. The van der Waals surface area contributed by atoms with Gasteiger partial charge >= 0.3 is 0 Å². The summed E-state index contributed by atoms with van der Waals surface area (Å²) in [6.07, 6.45) is 7.20. The minimum Gasteiger partial charge on any atom is -0.378 e. The molecule has 0 aromatic carbocycles. The third-order valence-electron chi connectivity index (χ3n) is 3.40. The number of hydrogen-bond acceptors (Lipinski definition) is 3. The Morgan fingerprint density at radius 2 is 2.31 bits per heavy atom. The molecule has 2 saturated heterocycles. The first-order valence-corrected chi connectivity index (χ1v) is 6.49. The van der Waals surface area contributed by atoms with Gasteiger partial charge in [0.25, 0.3) is 0 Å². The second-order valence-electron chi connectivity index (χ2n) is 4.72. The molecular weight excluding hydrogens is 204 g/mol. The van der Waals surface area contributed by atoms with Crippen LogP contribution in [0.2, 0.25) is 0 Å². The lowest BCUT2D eigenvalue weighted by molar-refractivity contribution is -0.124. The van der Waals surface area contributed by atoms with Gasteiger partial charge in [-0.05, 0) is 45.1 Å². The fraction of sp³-hybridized carbons (Fsp3) is 0.917. The Labute approximate surface area is 97.1 Å². The van der Waals surface area contributed by atoms with Gasteiger partial charge in [-0.15, -0.1) is 0 Å². The molecular formula is C12H22N2O2. The summed E-state index contributed by atoms with van der Waals surface area (Å²) in [7, 11) is 0. The van der Waals surface area contributed by atoms with Crippen molar-refractivity contribution in [2.45, 2.75) is 50.7 Å². The molecule has 2 atom stereocenters. The Balaban J connectivity index is 1.54. The Kier molecular flexibility index (Phi) is 4.60. The third kappa shape index (κ3) is 3.46. The van der Waals surface area contributed by atoms with Crippen molar-refractivity contribution < 1.29 is 9.53 Å². The molecule has 2 unspecified atom stereocenters. The first-order chi connectivity index (χ1) is 7.86. The van der Waals surface area contributed by atoms with Crippen LogP contribution in [0.5, 0.6) is 0 Å². The smallest absolute Gasteiger partial charge is 0.237 e. The largest absolute Gasteiger partial charge is 0.378 e. The van der Waals surface area contributed by atoms with Crippen molar-refractivity contribution in [3.05, 3.63) is 0 Å². The maximum Gasteiger partial charge on any atom is 0.237 e. The maximum atomic E-state index is 11.4. The first-order valence-electron chi connectivity index (χ1n) is 6.49. The zero-order chi connectivity index (χ0) is 11.2. The van der Waals surface area contributed by atoms with Crippen molar-refractivity contribution in [2.75, 3.05) is 19.7 Å². The minimum absolute atomic E-state index is 0.0400. The van der Waals surface area contributed by atoms with E-state index in [9.17, 15) is 4.79 Å². The van der Waals surface area contributed by atoms with Crippen LogP contribution in [0.25, 0.3) is 0 Å². The lowest BCUT2D eigenvalue weighted by atomic mass is 10.1. The van der Waals surface area contributed by atoms with Gasteiger partial charge in [-0.1, -0.05) is 0 Å². The number of rotatable bonds is 5. The fourth-order valence-electron chi connectivity index (χ4n) is 2.44. The van der Waals surface area contributed by atoms with Gasteiger partial charge in [-0.3, -0.25) is 4.79 Å². The molecule has 2 rings (SSSR count). The van der Waals surface area contributed by atoms with Gasteiger partial charge in [0, 0.05) is 13.2 Å². The number of nitrogens with one attached hydrogen (secondary N) is 2. The molecule has 92 valence electrons. The third-order valence-corrected chi connectivity index (χ3v) is 3.40. The molecule has 2 fully saturated rings. The van der Waals surface area contributed by atoms with E-state index < -0.39 is 0 Å². The molecule has 0 radical (unpaired) electrons. The van der Waals surface area contributed by atoms with E-state index in [4.69, 9.17) is 4.74 Å².